The molecule has 2 nitrogen and oxygen atoms in total. The average molecular weight is 271 g/mol. The molecule has 1 fully saturated rings. The fourth-order valence-electron chi connectivity index (χ4n) is 2.76. The van der Waals surface area contributed by atoms with E-state index in [1.54, 1.807) is 0 Å². The van der Waals surface area contributed by atoms with Crippen molar-refractivity contribution in [1.82, 2.24) is 4.90 Å². The number of carbonyl (C=O) groups excluding carboxylic acids is 1. The van der Waals surface area contributed by atoms with E-state index in [0.717, 1.165) is 32.0 Å². The van der Waals surface area contributed by atoms with E-state index in [1.165, 1.54) is 12.8 Å². The van der Waals surface area contributed by atoms with Crippen molar-refractivity contribution in [2.75, 3.05) is 12.7 Å². The van der Waals surface area contributed by atoms with Crippen molar-refractivity contribution in [2.24, 2.45) is 11.3 Å². The van der Waals surface area contributed by atoms with E-state index in [-0.39, 0.29) is 5.41 Å². The Labute approximate surface area is 115 Å². The Kier molecular flexibility index (Phi) is 6.11. The van der Waals surface area contributed by atoms with Gasteiger partial charge in [0.2, 0.25) is 5.91 Å². The van der Waals surface area contributed by atoms with Crippen molar-refractivity contribution in [1.29, 1.82) is 0 Å². The van der Waals surface area contributed by atoms with Gasteiger partial charge >= 0.3 is 0 Å². The highest BCUT2D eigenvalue weighted by atomic mass is 31.0. The maximum absolute atomic E-state index is 12.3. The first-order valence-electron chi connectivity index (χ1n) is 7.34. The molecule has 0 N–H and O–H groups in total. The van der Waals surface area contributed by atoms with Gasteiger partial charge in [-0.2, -0.15) is 0 Å². The molecule has 0 aromatic rings. The van der Waals surface area contributed by atoms with Gasteiger partial charge in [-0.15, -0.1) is 9.24 Å². The summed E-state index contributed by atoms with van der Waals surface area (Å²) in [6.45, 7) is 10.1. The molecule has 3 heteroatoms. The molecule has 1 aliphatic heterocycles. The molecule has 1 amide bonds. The van der Waals surface area contributed by atoms with Crippen molar-refractivity contribution in [3.05, 3.63) is 0 Å². The second-order valence-corrected chi connectivity index (χ2v) is 7.41. The Hall–Kier alpha value is -0.100. The van der Waals surface area contributed by atoms with Crippen LogP contribution in [0.5, 0.6) is 0 Å². The third-order valence-corrected chi connectivity index (χ3v) is 4.60. The minimum absolute atomic E-state index is 0.283. The minimum atomic E-state index is 0.283. The van der Waals surface area contributed by atoms with Crippen molar-refractivity contribution in [3.63, 3.8) is 0 Å². The summed E-state index contributed by atoms with van der Waals surface area (Å²) in [6, 6.07) is 0.410. The summed E-state index contributed by atoms with van der Waals surface area (Å²) in [5, 5.41) is 0. The molecule has 0 bridgehead atoms. The highest BCUT2D eigenvalue weighted by Crippen LogP contribution is 2.30. The van der Waals surface area contributed by atoms with E-state index < -0.39 is 0 Å². The van der Waals surface area contributed by atoms with Crippen LogP contribution >= 0.6 is 9.24 Å². The maximum Gasteiger partial charge on any atom is 0.222 e. The van der Waals surface area contributed by atoms with E-state index in [2.05, 4.69) is 41.8 Å². The minimum Gasteiger partial charge on any atom is -0.339 e. The van der Waals surface area contributed by atoms with Crippen LogP contribution in [0.25, 0.3) is 0 Å². The number of hydrogen-bond donors (Lipinski definition) is 0. The summed E-state index contributed by atoms with van der Waals surface area (Å²) in [6.07, 6.45) is 6.39. The van der Waals surface area contributed by atoms with E-state index >= 15 is 0 Å². The summed E-state index contributed by atoms with van der Waals surface area (Å²) in [5.41, 5.74) is 0.283. The Morgan fingerprint density at radius 1 is 1.28 bits per heavy atom. The molecule has 1 rings (SSSR count). The molecule has 0 aliphatic carbocycles. The van der Waals surface area contributed by atoms with Crippen LogP contribution < -0.4 is 0 Å². The first-order valence-corrected chi connectivity index (χ1v) is 8.16. The number of amides is 1. The molecule has 1 heterocycles. The van der Waals surface area contributed by atoms with Gasteiger partial charge in [0.05, 0.1) is 0 Å². The van der Waals surface area contributed by atoms with Gasteiger partial charge in [-0.3, -0.25) is 4.79 Å². The lowest BCUT2D eigenvalue weighted by molar-refractivity contribution is -0.134. The summed E-state index contributed by atoms with van der Waals surface area (Å²) in [4.78, 5) is 14.5. The maximum atomic E-state index is 12.3. The molecular formula is C15H30NOP. The molecule has 0 aromatic carbocycles. The summed E-state index contributed by atoms with van der Waals surface area (Å²) in [7, 11) is 2.84. The number of hydrogen-bond acceptors (Lipinski definition) is 1. The summed E-state index contributed by atoms with van der Waals surface area (Å²) < 4.78 is 0. The quantitative estimate of drug-likeness (QED) is 0.714. The summed E-state index contributed by atoms with van der Waals surface area (Å²) >= 11 is 0. The molecule has 0 aromatic heterocycles. The van der Waals surface area contributed by atoms with Gasteiger partial charge in [-0.25, -0.2) is 0 Å². The van der Waals surface area contributed by atoms with Crippen molar-refractivity contribution < 1.29 is 4.79 Å². The lowest BCUT2D eigenvalue weighted by atomic mass is 9.83. The van der Waals surface area contributed by atoms with E-state index in [1.807, 2.05) is 0 Å². The Balaban J connectivity index is 2.82. The zero-order valence-corrected chi connectivity index (χ0v) is 13.7. The number of rotatable bonds is 4. The average Bonchev–Trinajstić information content (AvgIpc) is 2.49. The topological polar surface area (TPSA) is 20.3 Å². The smallest absolute Gasteiger partial charge is 0.222 e. The van der Waals surface area contributed by atoms with Crippen LogP contribution in [0.2, 0.25) is 0 Å². The van der Waals surface area contributed by atoms with E-state index in [4.69, 9.17) is 0 Å². The monoisotopic (exact) mass is 271 g/mol. The largest absolute Gasteiger partial charge is 0.339 e. The normalized spacial score (nSPS) is 21.6. The van der Waals surface area contributed by atoms with Gasteiger partial charge in [-0.1, -0.05) is 34.1 Å². The van der Waals surface area contributed by atoms with Crippen LogP contribution in [0.1, 0.15) is 59.8 Å². The molecule has 0 radical (unpaired) electrons. The molecule has 3 atom stereocenters. The summed E-state index contributed by atoms with van der Waals surface area (Å²) in [5.74, 6) is 0.948. The number of nitrogens with zero attached hydrogens (tertiary/aromatic N) is 1. The zero-order valence-electron chi connectivity index (χ0n) is 12.5. The predicted molar refractivity (Wildman–Crippen MR) is 81.8 cm³/mol. The Morgan fingerprint density at radius 2 is 1.94 bits per heavy atom. The molecule has 1 aliphatic rings. The van der Waals surface area contributed by atoms with Crippen LogP contribution in [-0.2, 0) is 4.79 Å². The first-order chi connectivity index (χ1) is 8.35. The van der Waals surface area contributed by atoms with Crippen LogP contribution in [0.3, 0.4) is 0 Å². The van der Waals surface area contributed by atoms with Crippen LogP contribution in [0.4, 0.5) is 0 Å². The first kappa shape index (κ1) is 16.0. The molecular weight excluding hydrogens is 241 g/mol. The van der Waals surface area contributed by atoms with Crippen LogP contribution in [0.15, 0.2) is 0 Å². The lowest BCUT2D eigenvalue weighted by Gasteiger charge is -2.38. The zero-order chi connectivity index (χ0) is 13.8. The number of likely N-dealkylation sites (tertiary alicyclic amines) is 1. The highest BCUT2D eigenvalue weighted by Gasteiger charge is 2.31. The van der Waals surface area contributed by atoms with Gasteiger partial charge in [-0.05, 0) is 36.8 Å². The molecule has 1 saturated heterocycles. The van der Waals surface area contributed by atoms with Gasteiger partial charge in [0.1, 0.15) is 0 Å². The molecule has 0 saturated carbocycles. The van der Waals surface area contributed by atoms with Gasteiger partial charge in [0.15, 0.2) is 0 Å². The number of carbonyl (C=O) groups is 1. The highest BCUT2D eigenvalue weighted by molar-refractivity contribution is 7.16. The predicted octanol–water partition coefficient (Wildman–Crippen LogP) is 3.71. The van der Waals surface area contributed by atoms with E-state index in [0.29, 0.717) is 17.9 Å². The Morgan fingerprint density at radius 3 is 2.50 bits per heavy atom. The third-order valence-electron chi connectivity index (χ3n) is 3.86. The van der Waals surface area contributed by atoms with Crippen molar-refractivity contribution >= 4 is 15.1 Å². The lowest BCUT2D eigenvalue weighted by Crippen LogP contribution is -2.46. The molecule has 106 valence electrons. The SMILES string of the molecule is CC(CP)C(CC(C)(C)C)N1CCCCCC1=O. The second-order valence-electron chi connectivity index (χ2n) is 6.94. The Bertz CT molecular complexity index is 272. The van der Waals surface area contributed by atoms with E-state index in [9.17, 15) is 4.79 Å². The fraction of sp³-hybridized carbons (Fsp3) is 0.933. The van der Waals surface area contributed by atoms with Gasteiger partial charge in [0, 0.05) is 19.0 Å². The standard InChI is InChI=1S/C15H30NOP/c1-12(11-18)13(10-15(2,3)4)16-9-7-5-6-8-14(16)17/h12-13H,5-11,18H2,1-4H3. The molecule has 3 unspecified atom stereocenters. The van der Waals surface area contributed by atoms with Crippen LogP contribution in [-0.4, -0.2) is 29.6 Å². The molecule has 0 spiro atoms. The third kappa shape index (κ3) is 4.88. The second kappa shape index (κ2) is 6.89. The fourth-order valence-corrected chi connectivity index (χ4v) is 3.07. The molecule has 18 heavy (non-hydrogen) atoms. The van der Waals surface area contributed by atoms with Crippen LogP contribution in [0, 0.1) is 11.3 Å². The van der Waals surface area contributed by atoms with Gasteiger partial charge < -0.3 is 4.90 Å². The van der Waals surface area contributed by atoms with Gasteiger partial charge in [0.25, 0.3) is 0 Å². The van der Waals surface area contributed by atoms with Crippen molar-refractivity contribution in [3.8, 4) is 0 Å². The van der Waals surface area contributed by atoms with Crippen molar-refractivity contribution in [2.45, 2.75) is 65.8 Å².